The minimum Gasteiger partial charge on any atom is -0.337 e. The van der Waals surface area contributed by atoms with E-state index in [4.69, 9.17) is 0 Å². The van der Waals surface area contributed by atoms with Gasteiger partial charge in [-0.15, -0.1) is 11.3 Å². The minimum atomic E-state index is -0.0268. The van der Waals surface area contributed by atoms with Gasteiger partial charge in [-0.1, -0.05) is 0 Å². The Morgan fingerprint density at radius 2 is 2.11 bits per heavy atom. The molecule has 18 heavy (non-hydrogen) atoms. The summed E-state index contributed by atoms with van der Waals surface area (Å²) in [6.45, 7) is 10.0. The van der Waals surface area contributed by atoms with Gasteiger partial charge in [-0.05, 0) is 55.8 Å². The van der Waals surface area contributed by atoms with E-state index in [0.717, 1.165) is 10.3 Å². The van der Waals surface area contributed by atoms with Gasteiger partial charge in [0.2, 0.25) is 5.91 Å². The third-order valence-corrected chi connectivity index (χ3v) is 4.09. The van der Waals surface area contributed by atoms with Crippen LogP contribution in [0.5, 0.6) is 0 Å². The van der Waals surface area contributed by atoms with Gasteiger partial charge in [0, 0.05) is 17.0 Å². The molecule has 5 heteroatoms. The van der Waals surface area contributed by atoms with Crippen LogP contribution in [0.4, 0.5) is 0 Å². The maximum atomic E-state index is 12.1. The van der Waals surface area contributed by atoms with Crippen molar-refractivity contribution in [2.45, 2.75) is 39.8 Å². The van der Waals surface area contributed by atoms with E-state index < -0.39 is 0 Å². The highest BCUT2D eigenvalue weighted by molar-refractivity contribution is 9.11. The van der Waals surface area contributed by atoms with E-state index in [0.29, 0.717) is 13.1 Å². The number of thiophene rings is 1. The van der Waals surface area contributed by atoms with Crippen LogP contribution in [0, 0.1) is 0 Å². The normalized spacial score (nSPS) is 11.6. The Morgan fingerprint density at radius 3 is 2.56 bits per heavy atom. The number of nitrogens with zero attached hydrogens (tertiary/aromatic N) is 1. The van der Waals surface area contributed by atoms with Crippen molar-refractivity contribution in [3.8, 4) is 0 Å². The van der Waals surface area contributed by atoms with Crippen molar-refractivity contribution in [3.05, 3.63) is 20.8 Å². The molecule has 3 nitrogen and oxygen atoms in total. The summed E-state index contributed by atoms with van der Waals surface area (Å²) in [5, 5.41) is 3.23. The lowest BCUT2D eigenvalue weighted by atomic mass is 10.1. The van der Waals surface area contributed by atoms with Crippen molar-refractivity contribution in [1.29, 1.82) is 0 Å². The van der Waals surface area contributed by atoms with Crippen molar-refractivity contribution < 1.29 is 4.79 Å². The first-order chi connectivity index (χ1) is 8.31. The first kappa shape index (κ1) is 15.7. The summed E-state index contributed by atoms with van der Waals surface area (Å²) in [5.41, 5.74) is -0.0268. The molecule has 0 aromatic carbocycles. The second-order valence-electron chi connectivity index (χ2n) is 5.22. The average molecular weight is 333 g/mol. The number of rotatable bonds is 5. The summed E-state index contributed by atoms with van der Waals surface area (Å²) in [7, 11) is 0. The molecule has 0 aliphatic carbocycles. The first-order valence-corrected chi connectivity index (χ1v) is 7.70. The van der Waals surface area contributed by atoms with Crippen molar-refractivity contribution in [3.63, 3.8) is 0 Å². The van der Waals surface area contributed by atoms with Gasteiger partial charge in [0.05, 0.1) is 16.9 Å². The van der Waals surface area contributed by atoms with Gasteiger partial charge in [-0.25, -0.2) is 0 Å². The highest BCUT2D eigenvalue weighted by Gasteiger charge is 2.16. The van der Waals surface area contributed by atoms with Gasteiger partial charge in [0.25, 0.3) is 0 Å². The van der Waals surface area contributed by atoms with Crippen LogP contribution >= 0.6 is 27.3 Å². The average Bonchev–Trinajstić information content (AvgIpc) is 2.67. The number of likely N-dealkylation sites (N-methyl/N-ethyl adjacent to an activating group) is 1. The molecule has 102 valence electrons. The van der Waals surface area contributed by atoms with Gasteiger partial charge in [-0.3, -0.25) is 4.79 Å². The van der Waals surface area contributed by atoms with Gasteiger partial charge in [0.15, 0.2) is 0 Å². The zero-order chi connectivity index (χ0) is 13.8. The van der Waals surface area contributed by atoms with Crippen LogP contribution in [0.1, 0.15) is 32.6 Å². The van der Waals surface area contributed by atoms with E-state index >= 15 is 0 Å². The number of hydrogen-bond acceptors (Lipinski definition) is 3. The van der Waals surface area contributed by atoms with Gasteiger partial charge < -0.3 is 10.2 Å². The number of carbonyl (C=O) groups excluding carboxylic acids is 1. The van der Waals surface area contributed by atoms with E-state index in [2.05, 4.69) is 48.1 Å². The molecule has 1 aromatic rings. The molecular formula is C13H21BrN2OS. The Labute approximate surface area is 122 Å². The Balaban J connectivity index is 2.52. The largest absolute Gasteiger partial charge is 0.337 e. The smallest absolute Gasteiger partial charge is 0.236 e. The van der Waals surface area contributed by atoms with Crippen LogP contribution in [-0.4, -0.2) is 29.4 Å². The summed E-state index contributed by atoms with van der Waals surface area (Å²) < 4.78 is 1.11. The Hall–Kier alpha value is -0.390. The zero-order valence-electron chi connectivity index (χ0n) is 11.4. The molecule has 0 bridgehead atoms. The Bertz CT molecular complexity index is 398. The van der Waals surface area contributed by atoms with E-state index in [9.17, 15) is 4.79 Å². The maximum Gasteiger partial charge on any atom is 0.236 e. The van der Waals surface area contributed by atoms with Crippen molar-refractivity contribution in [1.82, 2.24) is 10.2 Å². The minimum absolute atomic E-state index is 0.0268. The molecular weight excluding hydrogens is 312 g/mol. The molecule has 0 atom stereocenters. The molecule has 1 aromatic heterocycles. The van der Waals surface area contributed by atoms with E-state index in [1.165, 1.54) is 4.88 Å². The predicted octanol–water partition coefficient (Wildman–Crippen LogP) is 3.25. The summed E-state index contributed by atoms with van der Waals surface area (Å²) >= 11 is 5.12. The van der Waals surface area contributed by atoms with E-state index in [1.807, 2.05) is 17.9 Å². The number of halogens is 1. The topological polar surface area (TPSA) is 32.3 Å². The molecule has 0 saturated carbocycles. The summed E-state index contributed by atoms with van der Waals surface area (Å²) in [5.74, 6) is 0.150. The highest BCUT2D eigenvalue weighted by Crippen LogP contribution is 2.23. The second-order valence-corrected chi connectivity index (χ2v) is 7.76. The fraction of sp³-hybridized carbons (Fsp3) is 0.615. The van der Waals surface area contributed by atoms with Crippen LogP contribution in [0.25, 0.3) is 0 Å². The summed E-state index contributed by atoms with van der Waals surface area (Å²) in [6, 6.07) is 4.08. The molecule has 0 fully saturated rings. The third-order valence-electron chi connectivity index (χ3n) is 2.48. The fourth-order valence-corrected chi connectivity index (χ4v) is 2.95. The summed E-state index contributed by atoms with van der Waals surface area (Å²) in [6.07, 6.45) is 0. The van der Waals surface area contributed by atoms with Crippen LogP contribution in [0.3, 0.4) is 0 Å². The van der Waals surface area contributed by atoms with Gasteiger partial charge in [-0.2, -0.15) is 0 Å². The number of carbonyl (C=O) groups is 1. The molecule has 1 heterocycles. The lowest BCUT2D eigenvalue weighted by Gasteiger charge is -2.24. The van der Waals surface area contributed by atoms with E-state index in [1.54, 1.807) is 11.3 Å². The van der Waals surface area contributed by atoms with Gasteiger partial charge >= 0.3 is 0 Å². The number of amides is 1. The maximum absolute atomic E-state index is 12.1. The van der Waals surface area contributed by atoms with Crippen LogP contribution in [-0.2, 0) is 11.3 Å². The summed E-state index contributed by atoms with van der Waals surface area (Å²) in [4.78, 5) is 15.2. The molecule has 0 saturated heterocycles. The Morgan fingerprint density at radius 1 is 1.44 bits per heavy atom. The monoisotopic (exact) mass is 332 g/mol. The molecule has 0 unspecified atom stereocenters. The lowest BCUT2D eigenvalue weighted by molar-refractivity contribution is -0.130. The molecule has 0 aliphatic heterocycles. The molecule has 1 N–H and O–H groups in total. The lowest BCUT2D eigenvalue weighted by Crippen LogP contribution is -2.44. The molecule has 0 aliphatic rings. The molecule has 1 amide bonds. The third kappa shape index (κ3) is 5.50. The van der Waals surface area contributed by atoms with Crippen LogP contribution < -0.4 is 5.32 Å². The molecule has 0 radical (unpaired) electrons. The Kier molecular flexibility index (Phi) is 5.82. The van der Waals surface area contributed by atoms with Crippen LogP contribution in [0.15, 0.2) is 15.9 Å². The zero-order valence-corrected chi connectivity index (χ0v) is 13.8. The second kappa shape index (κ2) is 6.68. The standard InChI is InChI=1S/C13H21BrN2OS/c1-5-16(9-10-6-7-11(14)18-10)12(17)8-15-13(2,3)4/h6-7,15H,5,8-9H2,1-4H3. The quantitative estimate of drug-likeness (QED) is 0.897. The fourth-order valence-electron chi connectivity index (χ4n) is 1.45. The van der Waals surface area contributed by atoms with Crippen LogP contribution in [0.2, 0.25) is 0 Å². The van der Waals surface area contributed by atoms with Gasteiger partial charge in [0.1, 0.15) is 0 Å². The van der Waals surface area contributed by atoms with Crippen molar-refractivity contribution in [2.24, 2.45) is 0 Å². The van der Waals surface area contributed by atoms with Crippen molar-refractivity contribution in [2.75, 3.05) is 13.1 Å². The van der Waals surface area contributed by atoms with E-state index in [-0.39, 0.29) is 11.4 Å². The molecule has 0 spiro atoms. The predicted molar refractivity (Wildman–Crippen MR) is 80.9 cm³/mol. The first-order valence-electron chi connectivity index (χ1n) is 6.09. The highest BCUT2D eigenvalue weighted by atomic mass is 79.9. The number of hydrogen-bond donors (Lipinski definition) is 1. The SMILES string of the molecule is CCN(Cc1ccc(Br)s1)C(=O)CNC(C)(C)C. The number of nitrogens with one attached hydrogen (secondary N) is 1. The molecule has 1 rings (SSSR count). The van der Waals surface area contributed by atoms with Crippen molar-refractivity contribution >= 4 is 33.2 Å².